The predicted octanol–water partition coefficient (Wildman–Crippen LogP) is 1.56. The molecule has 6 heteroatoms. The third-order valence-electron chi connectivity index (χ3n) is 3.79. The molecule has 102 valence electrons. The van der Waals surface area contributed by atoms with Crippen LogP contribution in [0.5, 0.6) is 0 Å². The summed E-state index contributed by atoms with van der Waals surface area (Å²) in [5.74, 6) is 0.191. The summed E-state index contributed by atoms with van der Waals surface area (Å²) in [6.07, 6.45) is -3.21. The Hall–Kier alpha value is -1.04. The average Bonchev–Trinajstić information content (AvgIpc) is 2.24. The quantitative estimate of drug-likeness (QED) is 0.766. The Kier molecular flexibility index (Phi) is 3.66. The van der Waals surface area contributed by atoms with E-state index in [1.807, 2.05) is 6.92 Å². The van der Waals surface area contributed by atoms with Crippen molar-refractivity contribution in [2.45, 2.75) is 19.5 Å². The molecule has 2 aliphatic heterocycles. The van der Waals surface area contributed by atoms with Gasteiger partial charge in [0.05, 0.1) is 0 Å². The Labute approximate surface area is 104 Å². The van der Waals surface area contributed by atoms with Crippen LogP contribution in [0.4, 0.5) is 13.2 Å². The van der Waals surface area contributed by atoms with Crippen molar-refractivity contribution in [3.05, 3.63) is 11.6 Å². The molecule has 0 aromatic heterocycles. The molecule has 1 atom stereocenters. The minimum atomic E-state index is -4.25. The highest BCUT2D eigenvalue weighted by Crippen LogP contribution is 2.30. The zero-order valence-corrected chi connectivity index (χ0v) is 10.3. The number of hydrogen-bond donors (Lipinski definition) is 1. The van der Waals surface area contributed by atoms with Crippen LogP contribution in [0.2, 0.25) is 0 Å². The van der Waals surface area contributed by atoms with Crippen molar-refractivity contribution in [1.82, 2.24) is 10.2 Å². The van der Waals surface area contributed by atoms with E-state index in [0.717, 1.165) is 19.2 Å². The van der Waals surface area contributed by atoms with E-state index in [-0.39, 0.29) is 31.3 Å². The minimum absolute atomic E-state index is 0.0287. The maximum atomic E-state index is 12.4. The molecular formula is C12H17F3N2O. The van der Waals surface area contributed by atoms with Crippen LogP contribution < -0.4 is 5.32 Å². The number of nitrogens with one attached hydrogen (secondary N) is 1. The van der Waals surface area contributed by atoms with Crippen molar-refractivity contribution in [1.29, 1.82) is 0 Å². The predicted molar refractivity (Wildman–Crippen MR) is 60.9 cm³/mol. The van der Waals surface area contributed by atoms with Gasteiger partial charge in [0.1, 0.15) is 0 Å². The normalized spacial score (nSPS) is 23.3. The Morgan fingerprint density at radius 1 is 1.50 bits per heavy atom. The first-order valence-corrected chi connectivity index (χ1v) is 6.15. The highest BCUT2D eigenvalue weighted by Gasteiger charge is 2.37. The fourth-order valence-corrected chi connectivity index (χ4v) is 2.28. The van der Waals surface area contributed by atoms with E-state index in [4.69, 9.17) is 0 Å². The zero-order valence-electron chi connectivity index (χ0n) is 10.3. The summed E-state index contributed by atoms with van der Waals surface area (Å²) >= 11 is 0. The number of rotatable bonds is 2. The molecule has 3 nitrogen and oxygen atoms in total. The second-order valence-electron chi connectivity index (χ2n) is 4.97. The van der Waals surface area contributed by atoms with E-state index in [1.165, 1.54) is 4.90 Å². The molecule has 2 aliphatic rings. The van der Waals surface area contributed by atoms with Crippen LogP contribution in [0.1, 0.15) is 13.3 Å². The second kappa shape index (κ2) is 4.91. The third kappa shape index (κ3) is 2.68. The van der Waals surface area contributed by atoms with Gasteiger partial charge in [-0.1, -0.05) is 13.0 Å². The molecule has 1 unspecified atom stereocenters. The van der Waals surface area contributed by atoms with Crippen molar-refractivity contribution in [3.63, 3.8) is 0 Å². The summed E-state index contributed by atoms with van der Waals surface area (Å²) < 4.78 is 37.3. The lowest BCUT2D eigenvalue weighted by Gasteiger charge is -2.36. The molecule has 0 aromatic carbocycles. The topological polar surface area (TPSA) is 32.3 Å². The van der Waals surface area contributed by atoms with Crippen LogP contribution in [0, 0.1) is 11.8 Å². The van der Waals surface area contributed by atoms with Crippen molar-refractivity contribution < 1.29 is 18.0 Å². The number of carbonyl (C=O) groups is 1. The van der Waals surface area contributed by atoms with E-state index in [2.05, 4.69) is 5.32 Å². The summed E-state index contributed by atoms with van der Waals surface area (Å²) in [5, 5.41) is 3.10. The number of nitrogens with zero attached hydrogens (tertiary/aromatic N) is 1. The molecule has 0 spiro atoms. The van der Waals surface area contributed by atoms with Gasteiger partial charge in [-0.15, -0.1) is 0 Å². The van der Waals surface area contributed by atoms with E-state index in [0.29, 0.717) is 5.92 Å². The summed E-state index contributed by atoms with van der Waals surface area (Å²) in [6.45, 7) is 3.76. The highest BCUT2D eigenvalue weighted by molar-refractivity contribution is 5.79. The lowest BCUT2D eigenvalue weighted by Crippen LogP contribution is -2.51. The summed E-state index contributed by atoms with van der Waals surface area (Å²) in [5.41, 5.74) is -0.510. The summed E-state index contributed by atoms with van der Waals surface area (Å²) in [7, 11) is 0. The van der Waals surface area contributed by atoms with Crippen LogP contribution in [0.25, 0.3) is 0 Å². The van der Waals surface area contributed by atoms with E-state index in [1.54, 1.807) is 0 Å². The van der Waals surface area contributed by atoms with Gasteiger partial charge in [0.25, 0.3) is 0 Å². The molecule has 1 saturated heterocycles. The Bertz CT molecular complexity index is 361. The average molecular weight is 262 g/mol. The number of amides is 1. The van der Waals surface area contributed by atoms with Gasteiger partial charge in [-0.2, -0.15) is 13.2 Å². The van der Waals surface area contributed by atoms with Crippen LogP contribution in [0.15, 0.2) is 11.6 Å². The minimum Gasteiger partial charge on any atom is -0.338 e. The monoisotopic (exact) mass is 262 g/mol. The molecule has 1 fully saturated rings. The van der Waals surface area contributed by atoms with Gasteiger partial charge in [-0.25, -0.2) is 0 Å². The Morgan fingerprint density at radius 2 is 2.17 bits per heavy atom. The van der Waals surface area contributed by atoms with Gasteiger partial charge < -0.3 is 10.2 Å². The summed E-state index contributed by atoms with van der Waals surface area (Å²) in [4.78, 5) is 13.6. The molecule has 0 bridgehead atoms. The smallest absolute Gasteiger partial charge is 0.338 e. The van der Waals surface area contributed by atoms with Gasteiger partial charge in [-0.05, 0) is 25.4 Å². The number of carbonyl (C=O) groups excluding carboxylic acids is 1. The number of halogens is 3. The molecule has 1 amide bonds. The van der Waals surface area contributed by atoms with E-state index < -0.39 is 11.7 Å². The molecule has 0 saturated carbocycles. The van der Waals surface area contributed by atoms with Crippen LogP contribution >= 0.6 is 0 Å². The van der Waals surface area contributed by atoms with Crippen LogP contribution in [-0.4, -0.2) is 43.2 Å². The van der Waals surface area contributed by atoms with Crippen molar-refractivity contribution >= 4 is 5.91 Å². The maximum Gasteiger partial charge on any atom is 0.412 e. The lowest BCUT2D eigenvalue weighted by atomic mass is 9.87. The molecule has 0 aliphatic carbocycles. The van der Waals surface area contributed by atoms with Crippen molar-refractivity contribution in [2.24, 2.45) is 11.8 Å². The zero-order chi connectivity index (χ0) is 13.3. The fourth-order valence-electron chi connectivity index (χ4n) is 2.28. The third-order valence-corrected chi connectivity index (χ3v) is 3.79. The molecule has 2 rings (SSSR count). The molecule has 0 radical (unpaired) electrons. The molecule has 18 heavy (non-hydrogen) atoms. The van der Waals surface area contributed by atoms with Crippen molar-refractivity contribution in [3.8, 4) is 0 Å². The van der Waals surface area contributed by atoms with Crippen LogP contribution in [-0.2, 0) is 4.79 Å². The maximum absolute atomic E-state index is 12.4. The SMILES string of the molecule is CC(C(=O)N1CC=C(C(F)(F)F)CC1)C1CNC1. The molecular weight excluding hydrogens is 245 g/mol. The summed E-state index contributed by atoms with van der Waals surface area (Å²) in [6, 6.07) is 0. The molecule has 2 heterocycles. The Balaban J connectivity index is 1.92. The van der Waals surface area contributed by atoms with Gasteiger partial charge in [0, 0.05) is 24.6 Å². The Morgan fingerprint density at radius 3 is 2.56 bits per heavy atom. The number of hydrogen-bond acceptors (Lipinski definition) is 2. The van der Waals surface area contributed by atoms with Gasteiger partial charge in [-0.3, -0.25) is 4.79 Å². The van der Waals surface area contributed by atoms with Crippen molar-refractivity contribution in [2.75, 3.05) is 26.2 Å². The first-order valence-electron chi connectivity index (χ1n) is 6.15. The second-order valence-corrected chi connectivity index (χ2v) is 4.97. The van der Waals surface area contributed by atoms with E-state index >= 15 is 0 Å². The molecule has 1 N–H and O–H groups in total. The number of alkyl halides is 3. The van der Waals surface area contributed by atoms with Gasteiger partial charge in [0.15, 0.2) is 0 Å². The fraction of sp³-hybridized carbons (Fsp3) is 0.750. The highest BCUT2D eigenvalue weighted by atomic mass is 19.4. The standard InChI is InChI=1S/C12H17F3N2O/c1-8(9-6-16-7-9)11(18)17-4-2-10(3-5-17)12(13,14)15/h2,8-9,16H,3-7H2,1H3. The first kappa shape index (κ1) is 13.4. The largest absolute Gasteiger partial charge is 0.412 e. The van der Waals surface area contributed by atoms with E-state index in [9.17, 15) is 18.0 Å². The van der Waals surface area contributed by atoms with Crippen LogP contribution in [0.3, 0.4) is 0 Å². The first-order chi connectivity index (χ1) is 8.39. The molecule has 0 aromatic rings. The lowest BCUT2D eigenvalue weighted by molar-refractivity contribution is -0.138. The van der Waals surface area contributed by atoms with Gasteiger partial charge in [0.2, 0.25) is 5.91 Å². The van der Waals surface area contributed by atoms with Gasteiger partial charge >= 0.3 is 6.18 Å².